The highest BCUT2D eigenvalue weighted by Gasteiger charge is 2.32. The Labute approximate surface area is 214 Å². The van der Waals surface area contributed by atoms with E-state index >= 15 is 0 Å². The second-order valence-corrected chi connectivity index (χ2v) is 8.38. The zero-order valence-electron chi connectivity index (χ0n) is 20.0. The van der Waals surface area contributed by atoms with Crippen molar-refractivity contribution in [2.45, 2.75) is 25.7 Å². The summed E-state index contributed by atoms with van der Waals surface area (Å²) >= 11 is 0. The maximum Gasteiger partial charge on any atom is 0.433 e. The number of nitriles is 1. The molecule has 0 saturated carbocycles. The van der Waals surface area contributed by atoms with Crippen LogP contribution >= 0.6 is 0 Å². The number of pyridine rings is 1. The molecule has 0 amide bonds. The molecule has 1 aliphatic rings. The highest BCUT2D eigenvalue weighted by molar-refractivity contribution is 5.67. The van der Waals surface area contributed by atoms with E-state index in [2.05, 4.69) is 9.97 Å². The topological polar surface area (TPSA) is 99.3 Å². The molecule has 1 aliphatic heterocycles. The standard InChI is InChI=1S/C27H19F3N4O4/c1-36-19-6-7-20-17(12-19)9-10-34-21(20)13-25(33-26(34)35)37-15-16-5-8-22(18(11-16)14-31)38-24-4-2-3-23(32-24)27(28,29)30/h2-8,11-13H,9-10,15H2,1H3. The van der Waals surface area contributed by atoms with Crippen molar-refractivity contribution in [2.24, 2.45) is 0 Å². The predicted octanol–water partition coefficient (Wildman–Crippen LogP) is 5.13. The van der Waals surface area contributed by atoms with Crippen LogP contribution in [0.4, 0.5) is 13.2 Å². The molecule has 0 spiro atoms. The third kappa shape index (κ3) is 5.01. The van der Waals surface area contributed by atoms with Gasteiger partial charge in [0.05, 0.1) is 18.4 Å². The molecular weight excluding hydrogens is 501 g/mol. The van der Waals surface area contributed by atoms with Crippen LogP contribution in [-0.4, -0.2) is 21.6 Å². The third-order valence-corrected chi connectivity index (χ3v) is 5.96. The van der Waals surface area contributed by atoms with Gasteiger partial charge in [0.15, 0.2) is 0 Å². The number of rotatable bonds is 6. The van der Waals surface area contributed by atoms with Gasteiger partial charge in [-0.15, -0.1) is 0 Å². The lowest BCUT2D eigenvalue weighted by atomic mass is 9.97. The summed E-state index contributed by atoms with van der Waals surface area (Å²) in [5.74, 6) is 0.601. The highest BCUT2D eigenvalue weighted by Crippen LogP contribution is 2.33. The second-order valence-electron chi connectivity index (χ2n) is 8.38. The Hall–Kier alpha value is -4.85. The van der Waals surface area contributed by atoms with Gasteiger partial charge < -0.3 is 14.2 Å². The SMILES string of the molecule is COc1ccc2c(c1)CCn1c-2cc(OCc2ccc(Oc3cccc(C(F)(F)F)n3)c(C#N)c2)nc1=O. The molecule has 4 aromatic rings. The first-order valence-corrected chi connectivity index (χ1v) is 11.4. The van der Waals surface area contributed by atoms with E-state index in [1.807, 2.05) is 24.3 Å². The number of aromatic nitrogens is 3. The molecule has 192 valence electrons. The Morgan fingerprint density at radius 1 is 1.05 bits per heavy atom. The van der Waals surface area contributed by atoms with E-state index in [-0.39, 0.29) is 29.7 Å². The molecule has 0 N–H and O–H groups in total. The predicted molar refractivity (Wildman–Crippen MR) is 129 cm³/mol. The number of halogens is 3. The van der Waals surface area contributed by atoms with Gasteiger partial charge in [0, 0.05) is 24.2 Å². The van der Waals surface area contributed by atoms with Gasteiger partial charge in [0.2, 0.25) is 11.8 Å². The molecule has 5 rings (SSSR count). The van der Waals surface area contributed by atoms with Crippen LogP contribution in [0, 0.1) is 11.3 Å². The van der Waals surface area contributed by atoms with E-state index in [4.69, 9.17) is 14.2 Å². The van der Waals surface area contributed by atoms with E-state index in [1.165, 1.54) is 24.3 Å². The molecule has 0 atom stereocenters. The van der Waals surface area contributed by atoms with Crippen molar-refractivity contribution in [3.63, 3.8) is 0 Å². The number of nitrogens with zero attached hydrogens (tertiary/aromatic N) is 4. The monoisotopic (exact) mass is 520 g/mol. The van der Waals surface area contributed by atoms with Gasteiger partial charge in [0.25, 0.3) is 0 Å². The number of benzene rings is 2. The first-order valence-electron chi connectivity index (χ1n) is 11.4. The molecule has 3 heterocycles. The van der Waals surface area contributed by atoms with Crippen molar-refractivity contribution in [1.82, 2.24) is 14.5 Å². The van der Waals surface area contributed by atoms with Gasteiger partial charge in [-0.05, 0) is 53.9 Å². The maximum absolute atomic E-state index is 12.9. The van der Waals surface area contributed by atoms with Crippen molar-refractivity contribution in [1.29, 1.82) is 5.26 Å². The normalized spacial score (nSPS) is 12.2. The van der Waals surface area contributed by atoms with Gasteiger partial charge in [-0.2, -0.15) is 23.4 Å². The number of fused-ring (bicyclic) bond motifs is 3. The number of ether oxygens (including phenoxy) is 3. The fraction of sp³-hybridized carbons (Fsp3) is 0.185. The van der Waals surface area contributed by atoms with Crippen LogP contribution in [-0.2, 0) is 25.7 Å². The first-order chi connectivity index (χ1) is 18.2. The summed E-state index contributed by atoms with van der Waals surface area (Å²) in [6, 6.07) is 17.1. The van der Waals surface area contributed by atoms with Crippen LogP contribution < -0.4 is 19.9 Å². The Morgan fingerprint density at radius 3 is 2.66 bits per heavy atom. The average molecular weight is 520 g/mol. The number of hydrogen-bond acceptors (Lipinski definition) is 7. The summed E-state index contributed by atoms with van der Waals surface area (Å²) < 4.78 is 56.9. The first kappa shape index (κ1) is 24.8. The van der Waals surface area contributed by atoms with Crippen molar-refractivity contribution >= 4 is 0 Å². The summed E-state index contributed by atoms with van der Waals surface area (Å²) in [5, 5.41) is 9.55. The number of aryl methyl sites for hydroxylation is 1. The number of methoxy groups -OCH3 is 1. The van der Waals surface area contributed by atoms with Crippen molar-refractivity contribution in [2.75, 3.05) is 7.11 Å². The fourth-order valence-electron chi connectivity index (χ4n) is 4.13. The van der Waals surface area contributed by atoms with E-state index < -0.39 is 17.6 Å². The van der Waals surface area contributed by atoms with Crippen LogP contribution in [0.2, 0.25) is 0 Å². The minimum atomic E-state index is -4.62. The molecule has 0 unspecified atom stereocenters. The second kappa shape index (κ2) is 9.89. The summed E-state index contributed by atoms with van der Waals surface area (Å²) in [4.78, 5) is 20.1. The largest absolute Gasteiger partial charge is 0.497 e. The minimum absolute atomic E-state index is 0.0118. The van der Waals surface area contributed by atoms with Gasteiger partial charge in [0.1, 0.15) is 29.9 Å². The molecule has 8 nitrogen and oxygen atoms in total. The smallest absolute Gasteiger partial charge is 0.433 e. The minimum Gasteiger partial charge on any atom is -0.497 e. The molecule has 11 heteroatoms. The van der Waals surface area contributed by atoms with E-state index in [9.17, 15) is 23.2 Å². The number of hydrogen-bond donors (Lipinski definition) is 0. The average Bonchev–Trinajstić information content (AvgIpc) is 2.91. The molecular formula is C27H19F3N4O4. The van der Waals surface area contributed by atoms with Crippen LogP contribution in [0.3, 0.4) is 0 Å². The molecule has 0 fully saturated rings. The number of alkyl halides is 3. The van der Waals surface area contributed by atoms with Crippen LogP contribution in [0.15, 0.2) is 65.5 Å². The zero-order chi connectivity index (χ0) is 26.9. The van der Waals surface area contributed by atoms with Crippen LogP contribution in [0.25, 0.3) is 11.3 Å². The van der Waals surface area contributed by atoms with E-state index in [0.29, 0.717) is 24.2 Å². The lowest BCUT2D eigenvalue weighted by molar-refractivity contribution is -0.141. The molecule has 0 saturated heterocycles. The lowest BCUT2D eigenvalue weighted by Crippen LogP contribution is -2.28. The molecule has 0 aliphatic carbocycles. The van der Waals surface area contributed by atoms with Crippen molar-refractivity contribution in [3.05, 3.63) is 93.5 Å². The Kier molecular flexibility index (Phi) is 6.46. The molecule has 2 aromatic carbocycles. The summed E-state index contributed by atoms with van der Waals surface area (Å²) in [6.07, 6.45) is -3.95. The lowest BCUT2D eigenvalue weighted by Gasteiger charge is -2.22. The molecule has 38 heavy (non-hydrogen) atoms. The van der Waals surface area contributed by atoms with Crippen molar-refractivity contribution in [3.8, 4) is 40.6 Å². The molecule has 0 radical (unpaired) electrons. The Bertz CT molecular complexity index is 1630. The van der Waals surface area contributed by atoms with Gasteiger partial charge in [-0.25, -0.2) is 9.78 Å². The third-order valence-electron chi connectivity index (χ3n) is 5.96. The maximum atomic E-state index is 12.9. The quantitative estimate of drug-likeness (QED) is 0.348. The summed E-state index contributed by atoms with van der Waals surface area (Å²) in [7, 11) is 1.59. The van der Waals surface area contributed by atoms with E-state index in [1.54, 1.807) is 23.8 Å². The van der Waals surface area contributed by atoms with Gasteiger partial charge >= 0.3 is 11.9 Å². The van der Waals surface area contributed by atoms with E-state index in [0.717, 1.165) is 22.9 Å². The highest BCUT2D eigenvalue weighted by atomic mass is 19.4. The van der Waals surface area contributed by atoms with Gasteiger partial charge in [-0.1, -0.05) is 12.1 Å². The van der Waals surface area contributed by atoms with Crippen molar-refractivity contribution < 1.29 is 27.4 Å². The summed E-state index contributed by atoms with van der Waals surface area (Å²) in [5.41, 5.74) is 1.72. The Morgan fingerprint density at radius 2 is 1.89 bits per heavy atom. The van der Waals surface area contributed by atoms with Crippen LogP contribution in [0.1, 0.15) is 22.4 Å². The molecule has 2 aromatic heterocycles. The molecule has 0 bridgehead atoms. The zero-order valence-corrected chi connectivity index (χ0v) is 20.0. The van der Waals surface area contributed by atoms with Gasteiger partial charge in [-0.3, -0.25) is 4.57 Å². The fourth-order valence-corrected chi connectivity index (χ4v) is 4.13. The summed E-state index contributed by atoms with van der Waals surface area (Å²) in [6.45, 7) is 0.470. The van der Waals surface area contributed by atoms with Crippen LogP contribution in [0.5, 0.6) is 23.3 Å². The Balaban J connectivity index is 1.35.